The summed E-state index contributed by atoms with van der Waals surface area (Å²) in [4.78, 5) is 26.9. The molecule has 2 aromatic rings. The first kappa shape index (κ1) is 25.2. The van der Waals surface area contributed by atoms with Gasteiger partial charge in [-0.25, -0.2) is 18.8 Å². The second kappa shape index (κ2) is 11.6. The van der Waals surface area contributed by atoms with E-state index in [0.29, 0.717) is 30.0 Å². The Labute approximate surface area is 198 Å². The van der Waals surface area contributed by atoms with Crippen molar-refractivity contribution < 1.29 is 18.4 Å². The predicted molar refractivity (Wildman–Crippen MR) is 126 cm³/mol. The van der Waals surface area contributed by atoms with E-state index in [-0.39, 0.29) is 30.5 Å². The number of carbonyl (C=O) groups excluding carboxylic acids is 1. The molecule has 10 heteroatoms. The number of amidine groups is 1. The summed E-state index contributed by atoms with van der Waals surface area (Å²) in [6.07, 6.45) is 4.51. The Kier molecular flexibility index (Phi) is 8.64. The Balaban J connectivity index is 1.84. The molecule has 1 aromatic carbocycles. The zero-order valence-electron chi connectivity index (χ0n) is 19.9. The highest BCUT2D eigenvalue weighted by Crippen LogP contribution is 2.19. The molecule has 0 spiro atoms. The van der Waals surface area contributed by atoms with Gasteiger partial charge in [0, 0.05) is 18.8 Å². The number of nitrogens with zero attached hydrogens (tertiary/aromatic N) is 6. The van der Waals surface area contributed by atoms with Crippen LogP contribution in [-0.4, -0.2) is 69.4 Å². The third kappa shape index (κ3) is 6.34. The van der Waals surface area contributed by atoms with Crippen LogP contribution >= 0.6 is 0 Å². The van der Waals surface area contributed by atoms with E-state index in [4.69, 9.17) is 4.84 Å². The van der Waals surface area contributed by atoms with Crippen molar-refractivity contribution in [1.82, 2.24) is 25.0 Å². The van der Waals surface area contributed by atoms with Crippen LogP contribution in [0.5, 0.6) is 0 Å². The van der Waals surface area contributed by atoms with E-state index in [0.717, 1.165) is 12.0 Å². The maximum atomic E-state index is 13.5. The second-order valence-corrected chi connectivity index (χ2v) is 7.98. The Morgan fingerprint density at radius 1 is 1.21 bits per heavy atom. The number of alkyl halides is 2. The number of hydrogen-bond donors (Lipinski definition) is 0. The van der Waals surface area contributed by atoms with E-state index in [2.05, 4.69) is 15.2 Å². The van der Waals surface area contributed by atoms with Crippen molar-refractivity contribution in [2.75, 3.05) is 26.2 Å². The maximum Gasteiger partial charge on any atom is 0.260 e. The summed E-state index contributed by atoms with van der Waals surface area (Å²) in [5.74, 6) is 0.104. The van der Waals surface area contributed by atoms with Crippen LogP contribution in [0.2, 0.25) is 0 Å². The van der Waals surface area contributed by atoms with Crippen LogP contribution in [0, 0.1) is 6.92 Å². The van der Waals surface area contributed by atoms with Gasteiger partial charge in [0.15, 0.2) is 5.84 Å². The van der Waals surface area contributed by atoms with Crippen molar-refractivity contribution in [3.8, 4) is 5.69 Å². The molecule has 0 aliphatic carbocycles. The molecule has 0 unspecified atom stereocenters. The van der Waals surface area contributed by atoms with Gasteiger partial charge < -0.3 is 4.90 Å². The van der Waals surface area contributed by atoms with Crippen LogP contribution in [-0.2, 0) is 4.84 Å². The molecule has 1 aliphatic rings. The van der Waals surface area contributed by atoms with E-state index in [9.17, 15) is 13.6 Å². The van der Waals surface area contributed by atoms with Gasteiger partial charge in [0.1, 0.15) is 0 Å². The van der Waals surface area contributed by atoms with Gasteiger partial charge in [-0.05, 0) is 51.0 Å². The highest BCUT2D eigenvalue weighted by Gasteiger charge is 2.25. The lowest BCUT2D eigenvalue weighted by molar-refractivity contribution is -0.0849. The lowest BCUT2D eigenvalue weighted by Gasteiger charge is -2.23. The van der Waals surface area contributed by atoms with E-state index >= 15 is 0 Å². The minimum atomic E-state index is -2.60. The predicted octanol–water partition coefficient (Wildman–Crippen LogP) is 4.19. The van der Waals surface area contributed by atoms with Gasteiger partial charge in [-0.3, -0.25) is 9.63 Å². The molecule has 0 bridgehead atoms. The number of aromatic nitrogens is 3. The lowest BCUT2D eigenvalue weighted by Crippen LogP contribution is -2.37. The number of carbonyl (C=O) groups is 1. The largest absolute Gasteiger partial charge is 0.334 e. The fourth-order valence-electron chi connectivity index (χ4n) is 3.49. The van der Waals surface area contributed by atoms with Crippen molar-refractivity contribution in [2.45, 2.75) is 40.5 Å². The van der Waals surface area contributed by atoms with Gasteiger partial charge in [0.2, 0.25) is 0 Å². The standard InChI is InChI=1S/C24H30F2N6O2/c1-5-6-19(4)29-22(16-18(3)23(25)26)31-12-11-30(13-14-34-31)24(33)20-15-17(2)7-8-21(20)32-27-9-10-28-32/h6-10,15-16,23H,5,11-14H2,1-4H3/b18-16+,19-6+,29-22-. The number of aliphatic imine (C=N–C) groups is 1. The van der Waals surface area contributed by atoms with E-state index < -0.39 is 6.43 Å². The minimum absolute atomic E-state index is 0.111. The van der Waals surface area contributed by atoms with E-state index in [1.165, 1.54) is 22.9 Å². The molecule has 0 N–H and O–H groups in total. The monoisotopic (exact) mass is 472 g/mol. The molecule has 1 saturated heterocycles. The maximum absolute atomic E-state index is 13.5. The Bertz CT molecular complexity index is 1080. The number of hydrogen-bond acceptors (Lipinski definition) is 5. The van der Waals surface area contributed by atoms with Gasteiger partial charge in [-0.2, -0.15) is 15.0 Å². The first-order valence-corrected chi connectivity index (χ1v) is 11.2. The average molecular weight is 473 g/mol. The molecule has 0 atom stereocenters. The number of halogens is 2. The average Bonchev–Trinajstić information content (AvgIpc) is 3.22. The van der Waals surface area contributed by atoms with Crippen LogP contribution in [0.3, 0.4) is 0 Å². The summed E-state index contributed by atoms with van der Waals surface area (Å²) >= 11 is 0. The summed E-state index contributed by atoms with van der Waals surface area (Å²) in [5.41, 5.74) is 2.59. The van der Waals surface area contributed by atoms with Crippen LogP contribution in [0.15, 0.2) is 59.0 Å². The zero-order chi connectivity index (χ0) is 24.7. The van der Waals surface area contributed by atoms with Gasteiger partial charge >= 0.3 is 0 Å². The second-order valence-electron chi connectivity index (χ2n) is 7.98. The molecule has 8 nitrogen and oxygen atoms in total. The molecule has 2 heterocycles. The molecule has 3 rings (SSSR count). The van der Waals surface area contributed by atoms with Gasteiger partial charge in [0.25, 0.3) is 12.3 Å². The third-order valence-electron chi connectivity index (χ3n) is 5.23. The topological polar surface area (TPSA) is 75.9 Å². The van der Waals surface area contributed by atoms with Crippen LogP contribution in [0.25, 0.3) is 5.69 Å². The smallest absolute Gasteiger partial charge is 0.260 e. The molecule has 0 saturated carbocycles. The number of aryl methyl sites for hydroxylation is 1. The quantitative estimate of drug-likeness (QED) is 0.466. The highest BCUT2D eigenvalue weighted by atomic mass is 19.3. The third-order valence-corrected chi connectivity index (χ3v) is 5.23. The number of hydroxylamine groups is 2. The minimum Gasteiger partial charge on any atom is -0.334 e. The summed E-state index contributed by atoms with van der Waals surface area (Å²) < 4.78 is 26.4. The molecule has 182 valence electrons. The number of allylic oxidation sites excluding steroid dienone is 3. The Hall–Kier alpha value is -3.40. The van der Waals surface area contributed by atoms with Gasteiger partial charge in [0.05, 0.1) is 36.8 Å². The molecular formula is C24H30F2N6O2. The van der Waals surface area contributed by atoms with E-state index in [1.807, 2.05) is 45.0 Å². The van der Waals surface area contributed by atoms with Crippen molar-refractivity contribution in [3.63, 3.8) is 0 Å². The Morgan fingerprint density at radius 3 is 2.62 bits per heavy atom. The summed E-state index contributed by atoms with van der Waals surface area (Å²) in [7, 11) is 0. The van der Waals surface area contributed by atoms with Gasteiger partial charge in [-0.1, -0.05) is 24.6 Å². The fraction of sp³-hybridized carbons (Fsp3) is 0.417. The van der Waals surface area contributed by atoms with Crippen molar-refractivity contribution in [3.05, 3.63) is 65.1 Å². The Morgan fingerprint density at radius 2 is 1.94 bits per heavy atom. The molecule has 1 fully saturated rings. The highest BCUT2D eigenvalue weighted by molar-refractivity contribution is 5.98. The van der Waals surface area contributed by atoms with Crippen LogP contribution < -0.4 is 0 Å². The van der Waals surface area contributed by atoms with Crippen LogP contribution in [0.4, 0.5) is 8.78 Å². The lowest BCUT2D eigenvalue weighted by atomic mass is 10.1. The first-order valence-electron chi connectivity index (χ1n) is 11.2. The summed E-state index contributed by atoms with van der Waals surface area (Å²) in [5, 5.41) is 9.80. The normalized spacial score (nSPS) is 16.3. The summed E-state index contributed by atoms with van der Waals surface area (Å²) in [6, 6.07) is 5.52. The van der Waals surface area contributed by atoms with Gasteiger partial charge in [-0.15, -0.1) is 0 Å². The number of benzene rings is 1. The molecule has 0 radical (unpaired) electrons. The van der Waals surface area contributed by atoms with Crippen molar-refractivity contribution >= 4 is 11.7 Å². The molecule has 34 heavy (non-hydrogen) atoms. The number of rotatable bonds is 6. The SMILES string of the molecule is CC/C=C(C)/N=C(/C=C(\C)C(F)F)N1CCN(C(=O)c2cc(C)ccc2-n2nccn2)CCO1. The van der Waals surface area contributed by atoms with Crippen molar-refractivity contribution in [1.29, 1.82) is 0 Å². The molecule has 1 aliphatic heterocycles. The fourth-order valence-corrected chi connectivity index (χ4v) is 3.49. The molecule has 1 aromatic heterocycles. The summed E-state index contributed by atoms with van der Waals surface area (Å²) in [6.45, 7) is 8.20. The molecule has 1 amide bonds. The van der Waals surface area contributed by atoms with E-state index in [1.54, 1.807) is 17.3 Å². The number of amides is 1. The zero-order valence-corrected chi connectivity index (χ0v) is 19.9. The molecular weight excluding hydrogens is 442 g/mol. The van der Waals surface area contributed by atoms with Crippen LogP contribution in [0.1, 0.15) is 43.1 Å². The first-order chi connectivity index (χ1) is 16.3. The van der Waals surface area contributed by atoms with Crippen molar-refractivity contribution in [2.24, 2.45) is 4.99 Å².